The first-order valence-electron chi connectivity index (χ1n) is 8.31. The first-order chi connectivity index (χ1) is 12.1. The summed E-state index contributed by atoms with van der Waals surface area (Å²) >= 11 is 0. The minimum atomic E-state index is -3.88. The van der Waals surface area contributed by atoms with E-state index in [4.69, 9.17) is 0 Å². The van der Waals surface area contributed by atoms with Gasteiger partial charge in [0, 0.05) is 23.3 Å². The summed E-state index contributed by atoms with van der Waals surface area (Å²) in [5, 5.41) is 0. The van der Waals surface area contributed by atoms with E-state index < -0.39 is 21.3 Å². The van der Waals surface area contributed by atoms with Crippen LogP contribution in [0.3, 0.4) is 0 Å². The van der Waals surface area contributed by atoms with E-state index in [1.54, 1.807) is 23.1 Å². The topological polar surface area (TPSA) is 66.5 Å². The van der Waals surface area contributed by atoms with Crippen LogP contribution in [0.15, 0.2) is 47.4 Å². The van der Waals surface area contributed by atoms with Crippen molar-refractivity contribution < 1.29 is 17.6 Å². The van der Waals surface area contributed by atoms with Crippen molar-refractivity contribution in [3.8, 4) is 0 Å². The molecule has 0 spiro atoms. The Kier molecular flexibility index (Phi) is 4.52. The lowest BCUT2D eigenvalue weighted by Gasteiger charge is -2.26. The van der Waals surface area contributed by atoms with Crippen molar-refractivity contribution in [3.63, 3.8) is 0 Å². The summed E-state index contributed by atoms with van der Waals surface area (Å²) in [5.74, 6) is -0.581. The van der Waals surface area contributed by atoms with Gasteiger partial charge in [-0.2, -0.15) is 0 Å². The molecule has 2 aromatic carbocycles. The minimum Gasteiger partial charge on any atom is -0.311 e. The van der Waals surface area contributed by atoms with Gasteiger partial charge in [-0.15, -0.1) is 0 Å². The number of hydrogen-bond donors (Lipinski definition) is 1. The monoisotopic (exact) mass is 376 g/mol. The number of anilines is 2. The van der Waals surface area contributed by atoms with Crippen molar-refractivity contribution in [3.05, 3.63) is 53.8 Å². The second kappa shape index (κ2) is 6.39. The van der Waals surface area contributed by atoms with Gasteiger partial charge in [-0.1, -0.05) is 26.8 Å². The summed E-state index contributed by atoms with van der Waals surface area (Å²) < 4.78 is 40.6. The van der Waals surface area contributed by atoms with Gasteiger partial charge in [0.25, 0.3) is 10.0 Å². The Hall–Kier alpha value is -2.41. The predicted octanol–water partition coefficient (Wildman–Crippen LogP) is 3.56. The molecule has 138 valence electrons. The van der Waals surface area contributed by atoms with Crippen molar-refractivity contribution in [2.24, 2.45) is 5.41 Å². The molecule has 1 heterocycles. The third-order valence-electron chi connectivity index (χ3n) is 4.22. The maximum absolute atomic E-state index is 13.3. The van der Waals surface area contributed by atoms with Crippen LogP contribution >= 0.6 is 0 Å². The Morgan fingerprint density at radius 2 is 1.88 bits per heavy atom. The number of amides is 1. The zero-order valence-electron chi connectivity index (χ0n) is 14.9. The van der Waals surface area contributed by atoms with Gasteiger partial charge in [-0.3, -0.25) is 9.52 Å². The first-order valence-corrected chi connectivity index (χ1v) is 9.79. The van der Waals surface area contributed by atoms with Gasteiger partial charge in [0.05, 0.1) is 4.90 Å². The number of benzene rings is 2. The van der Waals surface area contributed by atoms with Crippen molar-refractivity contribution >= 4 is 27.3 Å². The quantitative estimate of drug-likeness (QED) is 0.891. The number of carbonyl (C=O) groups is 1. The second-order valence-corrected chi connectivity index (χ2v) is 9.05. The van der Waals surface area contributed by atoms with Crippen LogP contribution in [0.1, 0.15) is 26.3 Å². The lowest BCUT2D eigenvalue weighted by atomic mass is 9.94. The van der Waals surface area contributed by atoms with Crippen molar-refractivity contribution in [1.82, 2.24) is 0 Å². The molecule has 0 unspecified atom stereocenters. The largest absolute Gasteiger partial charge is 0.311 e. The number of sulfonamides is 1. The highest BCUT2D eigenvalue weighted by molar-refractivity contribution is 7.92. The fourth-order valence-corrected chi connectivity index (χ4v) is 4.01. The SMILES string of the molecule is CC(C)(C)C(=O)N1CCc2cc(NS(=O)(=O)c3cccc(F)c3)ccc21. The number of nitrogens with zero attached hydrogens (tertiary/aromatic N) is 1. The van der Waals surface area contributed by atoms with E-state index in [0.717, 1.165) is 17.3 Å². The van der Waals surface area contributed by atoms with Crippen LogP contribution in [0.4, 0.5) is 15.8 Å². The van der Waals surface area contributed by atoms with Crippen LogP contribution in [0, 0.1) is 11.2 Å². The summed E-state index contributed by atoms with van der Waals surface area (Å²) in [6.07, 6.45) is 0.659. The molecule has 3 rings (SSSR count). The molecule has 0 atom stereocenters. The average molecular weight is 376 g/mol. The fourth-order valence-electron chi connectivity index (χ4n) is 2.93. The minimum absolute atomic E-state index is 0.0318. The molecule has 0 aromatic heterocycles. The maximum Gasteiger partial charge on any atom is 0.261 e. The summed E-state index contributed by atoms with van der Waals surface area (Å²) in [5.41, 5.74) is 1.61. The molecule has 0 aliphatic carbocycles. The van der Waals surface area contributed by atoms with Crippen LogP contribution in [-0.2, 0) is 21.2 Å². The summed E-state index contributed by atoms with van der Waals surface area (Å²) in [7, 11) is -3.88. The van der Waals surface area contributed by atoms with E-state index in [1.807, 2.05) is 20.8 Å². The molecule has 0 radical (unpaired) electrons. The predicted molar refractivity (Wildman–Crippen MR) is 99.2 cm³/mol. The molecule has 7 heteroatoms. The number of halogens is 1. The van der Waals surface area contributed by atoms with E-state index >= 15 is 0 Å². The van der Waals surface area contributed by atoms with Gasteiger partial charge in [-0.25, -0.2) is 12.8 Å². The van der Waals surface area contributed by atoms with Crippen LogP contribution in [0.5, 0.6) is 0 Å². The van der Waals surface area contributed by atoms with E-state index in [9.17, 15) is 17.6 Å². The summed E-state index contributed by atoms with van der Waals surface area (Å²) in [6, 6.07) is 9.93. The number of nitrogens with one attached hydrogen (secondary N) is 1. The van der Waals surface area contributed by atoms with E-state index in [2.05, 4.69) is 4.72 Å². The smallest absolute Gasteiger partial charge is 0.261 e. The molecule has 1 aliphatic heterocycles. The van der Waals surface area contributed by atoms with Crippen molar-refractivity contribution in [2.45, 2.75) is 32.1 Å². The number of carbonyl (C=O) groups excluding carboxylic acids is 1. The number of rotatable bonds is 3. The highest BCUT2D eigenvalue weighted by Crippen LogP contribution is 2.34. The average Bonchev–Trinajstić information content (AvgIpc) is 2.95. The Bertz CT molecular complexity index is 965. The molecule has 0 bridgehead atoms. The fraction of sp³-hybridized carbons (Fsp3) is 0.316. The first kappa shape index (κ1) is 18.4. The van der Waals surface area contributed by atoms with E-state index in [-0.39, 0.29) is 10.8 Å². The van der Waals surface area contributed by atoms with Crippen LogP contribution in [0.25, 0.3) is 0 Å². The number of hydrogen-bond acceptors (Lipinski definition) is 3. The van der Waals surface area contributed by atoms with Gasteiger partial charge >= 0.3 is 0 Å². The Labute approximate surface area is 152 Å². The van der Waals surface area contributed by atoms with Gasteiger partial charge in [-0.05, 0) is 48.4 Å². The Morgan fingerprint density at radius 1 is 1.15 bits per heavy atom. The third kappa shape index (κ3) is 3.58. The third-order valence-corrected chi connectivity index (χ3v) is 5.60. The number of fused-ring (bicyclic) bond motifs is 1. The maximum atomic E-state index is 13.3. The molecule has 26 heavy (non-hydrogen) atoms. The molecule has 0 fully saturated rings. The van der Waals surface area contributed by atoms with Crippen LogP contribution < -0.4 is 9.62 Å². The van der Waals surface area contributed by atoms with Crippen molar-refractivity contribution in [2.75, 3.05) is 16.2 Å². The summed E-state index contributed by atoms with van der Waals surface area (Å²) in [6.45, 7) is 6.18. The highest BCUT2D eigenvalue weighted by Gasteiger charge is 2.32. The van der Waals surface area contributed by atoms with Crippen molar-refractivity contribution in [1.29, 1.82) is 0 Å². The molecule has 0 saturated heterocycles. The zero-order chi connectivity index (χ0) is 19.1. The summed E-state index contributed by atoms with van der Waals surface area (Å²) in [4.78, 5) is 14.1. The molecular weight excluding hydrogens is 355 g/mol. The Morgan fingerprint density at radius 3 is 2.54 bits per heavy atom. The molecule has 1 amide bonds. The molecular formula is C19H21FN2O3S. The molecule has 5 nitrogen and oxygen atoms in total. The highest BCUT2D eigenvalue weighted by atomic mass is 32.2. The van der Waals surface area contributed by atoms with E-state index in [0.29, 0.717) is 18.7 Å². The molecule has 1 aliphatic rings. The second-order valence-electron chi connectivity index (χ2n) is 7.36. The van der Waals surface area contributed by atoms with Gasteiger partial charge in [0.1, 0.15) is 5.82 Å². The van der Waals surface area contributed by atoms with Gasteiger partial charge < -0.3 is 4.90 Å². The molecule has 0 saturated carbocycles. The lowest BCUT2D eigenvalue weighted by molar-refractivity contribution is -0.125. The van der Waals surface area contributed by atoms with Gasteiger partial charge in [0.2, 0.25) is 5.91 Å². The molecule has 1 N–H and O–H groups in total. The van der Waals surface area contributed by atoms with Crippen LogP contribution in [-0.4, -0.2) is 20.9 Å². The van der Waals surface area contributed by atoms with Gasteiger partial charge in [0.15, 0.2) is 0 Å². The Balaban J connectivity index is 1.86. The van der Waals surface area contributed by atoms with Crippen LogP contribution in [0.2, 0.25) is 0 Å². The zero-order valence-corrected chi connectivity index (χ0v) is 15.7. The van der Waals surface area contributed by atoms with E-state index in [1.165, 1.54) is 18.2 Å². The normalized spacial score (nSPS) is 14.2. The lowest BCUT2D eigenvalue weighted by Crippen LogP contribution is -2.38. The standard InChI is InChI=1S/C19H21FN2O3S/c1-19(2,3)18(23)22-10-9-13-11-15(7-8-17(13)22)21-26(24,25)16-6-4-5-14(20)12-16/h4-8,11-12,21H,9-10H2,1-3H3. The molecule has 2 aromatic rings.